The Labute approximate surface area is 223 Å². The lowest BCUT2D eigenvalue weighted by Crippen LogP contribution is -2.24. The zero-order valence-electron chi connectivity index (χ0n) is 19.7. The van der Waals surface area contributed by atoms with Gasteiger partial charge in [-0.25, -0.2) is 9.97 Å². The first-order valence-electron chi connectivity index (χ1n) is 11.6. The van der Waals surface area contributed by atoms with Gasteiger partial charge in [-0.2, -0.15) is 8.13 Å². The van der Waals surface area contributed by atoms with E-state index in [9.17, 15) is 4.79 Å². The fraction of sp³-hybridized carbons (Fsp3) is 0.320. The number of alkyl halides is 1. The van der Waals surface area contributed by atoms with E-state index in [-0.39, 0.29) is 5.56 Å². The van der Waals surface area contributed by atoms with Crippen LogP contribution in [0.4, 0.5) is 5.95 Å². The van der Waals surface area contributed by atoms with Crippen LogP contribution in [0.2, 0.25) is 5.02 Å². The Morgan fingerprint density at radius 2 is 2.11 bits per heavy atom. The standard InChI is InChI=1S/C25H25ClIN7O2/c1-15-11-29-13-22(31-15)16-3-4-19(21(26)10-16)20-9-17-12-30-25(33-27-18-5-8-36-14-18)32-23(17)34(24(20)35)7-2-6-28/h3-4,9-13,18H,2,5-8,14,28H2,1H3. The highest BCUT2D eigenvalue weighted by molar-refractivity contribution is 14.2. The summed E-state index contributed by atoms with van der Waals surface area (Å²) in [6.07, 6.45) is 6.79. The third-order valence-corrected chi connectivity index (χ3v) is 8.64. The van der Waals surface area contributed by atoms with Crippen LogP contribution in [0.1, 0.15) is 18.5 Å². The van der Waals surface area contributed by atoms with Crippen molar-refractivity contribution in [2.75, 3.05) is 19.8 Å². The van der Waals surface area contributed by atoms with Crippen molar-refractivity contribution >= 4 is 49.6 Å². The lowest BCUT2D eigenvalue weighted by Gasteiger charge is -2.13. The van der Waals surface area contributed by atoms with E-state index in [0.29, 0.717) is 51.2 Å². The van der Waals surface area contributed by atoms with Crippen LogP contribution in [0.3, 0.4) is 0 Å². The van der Waals surface area contributed by atoms with Gasteiger partial charge in [0.2, 0.25) is 0 Å². The fourth-order valence-electron chi connectivity index (χ4n) is 4.03. The van der Waals surface area contributed by atoms with E-state index in [1.54, 1.807) is 29.2 Å². The first kappa shape index (κ1) is 25.0. The molecule has 1 atom stereocenters. The van der Waals surface area contributed by atoms with Gasteiger partial charge in [-0.15, -0.1) is 0 Å². The Morgan fingerprint density at radius 1 is 1.22 bits per heavy atom. The van der Waals surface area contributed by atoms with Crippen molar-refractivity contribution in [3.05, 3.63) is 63.9 Å². The number of benzene rings is 1. The van der Waals surface area contributed by atoms with Crippen molar-refractivity contribution in [2.24, 2.45) is 8.88 Å². The molecule has 3 aromatic heterocycles. The summed E-state index contributed by atoms with van der Waals surface area (Å²) in [4.78, 5) is 31.5. The van der Waals surface area contributed by atoms with E-state index in [4.69, 9.17) is 22.1 Å². The number of aryl methyl sites for hydroxylation is 2. The molecule has 2 N–H and O–H groups in total. The van der Waals surface area contributed by atoms with Crippen LogP contribution < -0.4 is 11.3 Å². The zero-order valence-corrected chi connectivity index (χ0v) is 22.6. The molecule has 0 radical (unpaired) electrons. The summed E-state index contributed by atoms with van der Waals surface area (Å²) in [5.41, 5.74) is 9.63. The second-order valence-corrected chi connectivity index (χ2v) is 11.7. The van der Waals surface area contributed by atoms with Gasteiger partial charge in [0, 0.05) is 77.6 Å². The normalized spacial score (nSPS) is 16.0. The van der Waals surface area contributed by atoms with Gasteiger partial charge in [0.05, 0.1) is 24.2 Å². The van der Waals surface area contributed by atoms with Gasteiger partial charge < -0.3 is 10.5 Å². The van der Waals surface area contributed by atoms with E-state index in [1.807, 2.05) is 25.1 Å². The zero-order chi connectivity index (χ0) is 25.1. The summed E-state index contributed by atoms with van der Waals surface area (Å²) in [7, 11) is 0. The van der Waals surface area contributed by atoms with Crippen molar-refractivity contribution in [3.63, 3.8) is 0 Å². The van der Waals surface area contributed by atoms with E-state index < -0.39 is 21.0 Å². The maximum atomic E-state index is 13.7. The largest absolute Gasteiger partial charge is 0.380 e. The van der Waals surface area contributed by atoms with E-state index in [1.165, 1.54) is 0 Å². The minimum atomic E-state index is -0.475. The molecular weight excluding hydrogens is 593 g/mol. The van der Waals surface area contributed by atoms with Gasteiger partial charge in [0.15, 0.2) is 0 Å². The topological polar surface area (TPSA) is 121 Å². The van der Waals surface area contributed by atoms with Gasteiger partial charge in [0.25, 0.3) is 11.5 Å². The third-order valence-electron chi connectivity index (χ3n) is 5.85. The van der Waals surface area contributed by atoms with Crippen molar-refractivity contribution in [1.82, 2.24) is 24.5 Å². The fourth-order valence-corrected chi connectivity index (χ4v) is 6.14. The predicted molar refractivity (Wildman–Crippen MR) is 149 cm³/mol. The third kappa shape index (κ3) is 5.36. The Balaban J connectivity index is 1.57. The number of fused-ring (bicyclic) bond motifs is 1. The van der Waals surface area contributed by atoms with Gasteiger partial charge in [-0.1, -0.05) is 23.7 Å². The monoisotopic (exact) mass is 617 g/mol. The number of halogens is 2. The van der Waals surface area contributed by atoms with E-state index >= 15 is 0 Å². The maximum Gasteiger partial charge on any atom is 0.260 e. The summed E-state index contributed by atoms with van der Waals surface area (Å²) in [5.74, 6) is 0.414. The summed E-state index contributed by atoms with van der Waals surface area (Å²) >= 11 is 6.22. The molecule has 1 aliphatic rings. The number of pyridine rings is 1. The van der Waals surface area contributed by atoms with Crippen LogP contribution in [0, 0.1) is 6.92 Å². The SMILES string of the molecule is Cc1cncc(-c2ccc(-c3cc4cnc(N=IC5CCOC5)nc4n(CCCN)c3=O)c(Cl)c2)n1. The van der Waals surface area contributed by atoms with Crippen LogP contribution in [-0.2, 0) is 11.3 Å². The molecule has 4 aromatic rings. The van der Waals surface area contributed by atoms with Crippen molar-refractivity contribution in [1.29, 1.82) is 0 Å². The molecule has 1 aliphatic heterocycles. The summed E-state index contributed by atoms with van der Waals surface area (Å²) in [5, 5.41) is 1.20. The molecule has 0 bridgehead atoms. The lowest BCUT2D eigenvalue weighted by molar-refractivity contribution is 0.200. The first-order chi connectivity index (χ1) is 17.5. The molecular formula is C25H25ClIN7O2. The average Bonchev–Trinajstić information content (AvgIpc) is 3.41. The van der Waals surface area contributed by atoms with Gasteiger partial charge >= 0.3 is 0 Å². The number of rotatable bonds is 7. The molecule has 0 spiro atoms. The molecule has 4 heterocycles. The molecule has 1 fully saturated rings. The van der Waals surface area contributed by atoms with Crippen LogP contribution in [0.15, 0.2) is 50.8 Å². The molecule has 0 amide bonds. The highest BCUT2D eigenvalue weighted by Crippen LogP contribution is 2.32. The van der Waals surface area contributed by atoms with Crippen molar-refractivity contribution in [2.45, 2.75) is 30.2 Å². The second kappa shape index (κ2) is 11.2. The van der Waals surface area contributed by atoms with Crippen LogP contribution in [0.5, 0.6) is 0 Å². The minimum Gasteiger partial charge on any atom is -0.380 e. The van der Waals surface area contributed by atoms with Crippen LogP contribution in [0.25, 0.3) is 33.4 Å². The van der Waals surface area contributed by atoms with E-state index in [2.05, 4.69) is 23.1 Å². The molecule has 9 nitrogen and oxygen atoms in total. The number of hydrogen-bond acceptors (Lipinski definition) is 8. The van der Waals surface area contributed by atoms with Crippen LogP contribution in [-0.4, -0.2) is 48.2 Å². The highest BCUT2D eigenvalue weighted by Gasteiger charge is 2.17. The highest BCUT2D eigenvalue weighted by atomic mass is 127. The molecule has 5 rings (SSSR count). The molecule has 0 aliphatic carbocycles. The first-order valence-corrected chi connectivity index (χ1v) is 14.2. The second-order valence-electron chi connectivity index (χ2n) is 8.49. The molecule has 1 aromatic carbocycles. The molecule has 186 valence electrons. The smallest absolute Gasteiger partial charge is 0.260 e. The quantitative estimate of drug-likeness (QED) is 0.234. The minimum absolute atomic E-state index is 0.176. The molecule has 1 saturated heterocycles. The summed E-state index contributed by atoms with van der Waals surface area (Å²) in [6.45, 7) is 4.33. The summed E-state index contributed by atoms with van der Waals surface area (Å²) < 4.78 is 12.3. The van der Waals surface area contributed by atoms with Crippen molar-refractivity contribution < 1.29 is 4.74 Å². The number of nitrogens with zero attached hydrogens (tertiary/aromatic N) is 6. The molecule has 11 heteroatoms. The number of aromatic nitrogens is 5. The molecule has 36 heavy (non-hydrogen) atoms. The number of ether oxygens (including phenoxy) is 1. The Morgan fingerprint density at radius 3 is 2.86 bits per heavy atom. The Bertz CT molecular complexity index is 1500. The summed E-state index contributed by atoms with van der Waals surface area (Å²) in [6, 6.07) is 7.35. The van der Waals surface area contributed by atoms with Gasteiger partial charge in [-0.05, 0) is 38.4 Å². The van der Waals surface area contributed by atoms with E-state index in [0.717, 1.165) is 42.0 Å². The predicted octanol–water partition coefficient (Wildman–Crippen LogP) is 4.80. The van der Waals surface area contributed by atoms with Gasteiger partial charge in [0.1, 0.15) is 5.65 Å². The van der Waals surface area contributed by atoms with Gasteiger partial charge in [-0.3, -0.25) is 14.3 Å². The van der Waals surface area contributed by atoms with Crippen LogP contribution >= 0.6 is 32.6 Å². The maximum absolute atomic E-state index is 13.7. The molecule has 0 saturated carbocycles. The number of nitrogens with two attached hydrogens (primary N) is 1. The Kier molecular flexibility index (Phi) is 7.75. The molecule has 1 unspecified atom stereocenters. The lowest BCUT2D eigenvalue weighted by atomic mass is 10.0. The average molecular weight is 618 g/mol. The number of hydrogen-bond donors (Lipinski definition) is 1. The van der Waals surface area contributed by atoms with Crippen molar-refractivity contribution in [3.8, 4) is 22.4 Å². The Hall–Kier alpha value is -2.67.